The highest BCUT2D eigenvalue weighted by Crippen LogP contribution is 2.15. The smallest absolute Gasteiger partial charge is 0.268 e. The van der Waals surface area contributed by atoms with Gasteiger partial charge in [-0.3, -0.25) is 14.2 Å². The average Bonchev–Trinajstić information content (AvgIpc) is 2.49. The van der Waals surface area contributed by atoms with Crippen LogP contribution in [0, 0.1) is 3.57 Å². The van der Waals surface area contributed by atoms with Crippen LogP contribution < -0.4 is 15.6 Å². The Kier molecular flexibility index (Phi) is 5.18. The second-order valence-electron chi connectivity index (χ2n) is 4.06. The number of aromatic nitrogens is 2. The fourth-order valence-corrected chi connectivity index (χ4v) is 2.16. The minimum Gasteiger partial charge on any atom is -0.497 e. The lowest BCUT2D eigenvalue weighted by Gasteiger charge is -2.08. The Morgan fingerprint density at radius 2 is 2.10 bits per heavy atom. The maximum atomic E-state index is 11.9. The molecule has 21 heavy (non-hydrogen) atoms. The van der Waals surface area contributed by atoms with Gasteiger partial charge in [0.1, 0.15) is 21.0 Å². The molecule has 0 atom stereocenters. The zero-order valence-corrected chi connectivity index (χ0v) is 13.9. The topological polar surface area (TPSA) is 73.2 Å². The van der Waals surface area contributed by atoms with Gasteiger partial charge in [-0.15, -0.1) is 0 Å². The van der Waals surface area contributed by atoms with Crippen LogP contribution in [0.5, 0.6) is 5.75 Å². The van der Waals surface area contributed by atoms with E-state index in [0.717, 1.165) is 0 Å². The zero-order valence-electron chi connectivity index (χ0n) is 11.0. The van der Waals surface area contributed by atoms with E-state index in [9.17, 15) is 9.59 Å². The minimum absolute atomic E-state index is 0.132. The molecule has 0 saturated carbocycles. The first kappa shape index (κ1) is 15.8. The first-order chi connectivity index (χ1) is 10.0. The molecular formula is C13H11ClIN3O3. The summed E-state index contributed by atoms with van der Waals surface area (Å²) in [4.78, 5) is 27.7. The minimum atomic E-state index is -0.347. The Balaban J connectivity index is 2.08. The molecule has 1 amide bonds. The number of carbonyl (C=O) groups is 1. The summed E-state index contributed by atoms with van der Waals surface area (Å²) in [6, 6.07) is 6.88. The fourth-order valence-electron chi connectivity index (χ4n) is 1.59. The number of methoxy groups -OCH3 is 1. The zero-order chi connectivity index (χ0) is 15.4. The molecule has 1 N–H and O–H groups in total. The van der Waals surface area contributed by atoms with Crippen molar-refractivity contribution in [1.29, 1.82) is 0 Å². The molecule has 0 spiro atoms. The number of carbonyl (C=O) groups excluding carboxylic acids is 1. The van der Waals surface area contributed by atoms with Crippen LogP contribution in [0.3, 0.4) is 0 Å². The number of hydrogen-bond donors (Lipinski definition) is 1. The van der Waals surface area contributed by atoms with Gasteiger partial charge in [-0.1, -0.05) is 11.6 Å². The number of nitrogens with one attached hydrogen (secondary N) is 1. The summed E-state index contributed by atoms with van der Waals surface area (Å²) in [5.74, 6) is 0.364. The number of rotatable bonds is 4. The van der Waals surface area contributed by atoms with E-state index in [1.165, 1.54) is 10.9 Å². The molecule has 0 aliphatic rings. The number of benzene rings is 1. The van der Waals surface area contributed by atoms with E-state index in [1.807, 2.05) is 0 Å². The van der Waals surface area contributed by atoms with Crippen LogP contribution in [-0.2, 0) is 11.3 Å². The van der Waals surface area contributed by atoms with Crippen molar-refractivity contribution >= 4 is 45.8 Å². The summed E-state index contributed by atoms with van der Waals surface area (Å²) < 4.78 is 6.52. The summed E-state index contributed by atoms with van der Waals surface area (Å²) in [7, 11) is 1.56. The lowest BCUT2D eigenvalue weighted by atomic mass is 10.3. The molecular weight excluding hydrogens is 409 g/mol. The summed E-state index contributed by atoms with van der Waals surface area (Å²) in [5, 5.41) is 2.82. The Morgan fingerprint density at radius 3 is 2.71 bits per heavy atom. The standard InChI is InChI=1S/C13H11ClIN3O3/c1-21-9-4-2-8(3-5-9)17-10(19)6-18-7-16-12(14)11(15)13(18)20/h2-5,7H,6H2,1H3,(H,17,19). The van der Waals surface area contributed by atoms with Gasteiger partial charge in [0.2, 0.25) is 5.91 Å². The first-order valence-corrected chi connectivity index (χ1v) is 7.31. The van der Waals surface area contributed by atoms with Crippen molar-refractivity contribution in [3.63, 3.8) is 0 Å². The number of hydrogen-bond acceptors (Lipinski definition) is 4. The highest BCUT2D eigenvalue weighted by atomic mass is 127. The Hall–Kier alpha value is -1.61. The monoisotopic (exact) mass is 419 g/mol. The van der Waals surface area contributed by atoms with Crippen LogP contribution in [0.2, 0.25) is 5.15 Å². The van der Waals surface area contributed by atoms with Gasteiger partial charge in [-0.2, -0.15) is 0 Å². The SMILES string of the molecule is COc1ccc(NC(=O)Cn2cnc(Cl)c(I)c2=O)cc1. The molecule has 2 rings (SSSR count). The quantitative estimate of drug-likeness (QED) is 0.609. The van der Waals surface area contributed by atoms with E-state index in [-0.39, 0.29) is 26.7 Å². The predicted octanol–water partition coefficient (Wildman–Crippen LogP) is 2.15. The fraction of sp³-hybridized carbons (Fsp3) is 0.154. The molecule has 110 valence electrons. The lowest BCUT2D eigenvalue weighted by molar-refractivity contribution is -0.116. The van der Waals surface area contributed by atoms with Gasteiger partial charge in [0.05, 0.1) is 13.4 Å². The van der Waals surface area contributed by atoms with Crippen molar-refractivity contribution in [2.24, 2.45) is 0 Å². The highest BCUT2D eigenvalue weighted by Gasteiger charge is 2.10. The second-order valence-corrected chi connectivity index (χ2v) is 5.50. The highest BCUT2D eigenvalue weighted by molar-refractivity contribution is 14.1. The Bertz CT molecular complexity index is 716. The maximum Gasteiger partial charge on any atom is 0.268 e. The molecule has 1 aromatic heterocycles. The molecule has 0 fully saturated rings. The normalized spacial score (nSPS) is 10.2. The van der Waals surface area contributed by atoms with Gasteiger partial charge in [0, 0.05) is 5.69 Å². The number of amides is 1. The third kappa shape index (κ3) is 3.94. The molecule has 0 aliphatic carbocycles. The van der Waals surface area contributed by atoms with E-state index < -0.39 is 0 Å². The molecule has 8 heteroatoms. The molecule has 0 unspecified atom stereocenters. The van der Waals surface area contributed by atoms with Crippen LogP contribution in [0.1, 0.15) is 0 Å². The van der Waals surface area contributed by atoms with Crippen molar-refractivity contribution in [3.8, 4) is 5.75 Å². The molecule has 0 radical (unpaired) electrons. The van der Waals surface area contributed by atoms with Crippen LogP contribution in [0.15, 0.2) is 35.4 Å². The Morgan fingerprint density at radius 1 is 1.43 bits per heavy atom. The number of anilines is 1. The number of nitrogens with zero attached hydrogens (tertiary/aromatic N) is 2. The third-order valence-electron chi connectivity index (χ3n) is 2.63. The predicted molar refractivity (Wildman–Crippen MR) is 87.8 cm³/mol. The van der Waals surface area contributed by atoms with Gasteiger partial charge >= 0.3 is 0 Å². The molecule has 1 aromatic carbocycles. The van der Waals surface area contributed by atoms with Gasteiger partial charge in [0.15, 0.2) is 0 Å². The third-order valence-corrected chi connectivity index (χ3v) is 4.21. The van der Waals surface area contributed by atoms with Crippen molar-refractivity contribution in [2.45, 2.75) is 6.54 Å². The summed E-state index contributed by atoms with van der Waals surface area (Å²) in [6.45, 7) is -0.134. The van der Waals surface area contributed by atoms with E-state index in [2.05, 4.69) is 10.3 Å². The van der Waals surface area contributed by atoms with E-state index >= 15 is 0 Å². The van der Waals surface area contributed by atoms with Gasteiger partial charge in [0.25, 0.3) is 5.56 Å². The molecule has 0 aliphatic heterocycles. The van der Waals surface area contributed by atoms with Crippen LogP contribution in [-0.4, -0.2) is 22.6 Å². The van der Waals surface area contributed by atoms with Crippen LogP contribution in [0.4, 0.5) is 5.69 Å². The van der Waals surface area contributed by atoms with Crippen molar-refractivity contribution in [3.05, 3.63) is 49.7 Å². The largest absolute Gasteiger partial charge is 0.497 e. The number of halogens is 2. The molecule has 6 nitrogen and oxygen atoms in total. The van der Waals surface area contributed by atoms with Crippen molar-refractivity contribution in [1.82, 2.24) is 9.55 Å². The molecule has 0 bridgehead atoms. The summed E-state index contributed by atoms with van der Waals surface area (Å²) in [6.07, 6.45) is 1.25. The average molecular weight is 420 g/mol. The molecule has 2 aromatic rings. The number of ether oxygens (including phenoxy) is 1. The van der Waals surface area contributed by atoms with E-state index in [1.54, 1.807) is 54.0 Å². The van der Waals surface area contributed by atoms with Gasteiger partial charge in [-0.25, -0.2) is 4.98 Å². The molecule has 1 heterocycles. The van der Waals surface area contributed by atoms with Gasteiger partial charge < -0.3 is 10.1 Å². The lowest BCUT2D eigenvalue weighted by Crippen LogP contribution is -2.29. The van der Waals surface area contributed by atoms with Crippen molar-refractivity contribution in [2.75, 3.05) is 12.4 Å². The van der Waals surface area contributed by atoms with Crippen LogP contribution in [0.25, 0.3) is 0 Å². The van der Waals surface area contributed by atoms with E-state index in [0.29, 0.717) is 11.4 Å². The Labute approximate surface area is 139 Å². The molecule has 0 saturated heterocycles. The second kappa shape index (κ2) is 6.90. The van der Waals surface area contributed by atoms with E-state index in [4.69, 9.17) is 16.3 Å². The van der Waals surface area contributed by atoms with Gasteiger partial charge in [-0.05, 0) is 46.9 Å². The van der Waals surface area contributed by atoms with Crippen LogP contribution >= 0.6 is 34.2 Å². The maximum absolute atomic E-state index is 11.9. The summed E-state index contributed by atoms with van der Waals surface area (Å²) in [5.41, 5.74) is 0.269. The van der Waals surface area contributed by atoms with Crippen molar-refractivity contribution < 1.29 is 9.53 Å². The first-order valence-electron chi connectivity index (χ1n) is 5.85. The summed E-state index contributed by atoms with van der Waals surface area (Å²) >= 11 is 7.54.